The molecule has 1 atom stereocenters. The van der Waals surface area contributed by atoms with Crippen molar-refractivity contribution in [3.63, 3.8) is 0 Å². The summed E-state index contributed by atoms with van der Waals surface area (Å²) in [4.78, 5) is 18.7. The molecule has 0 bridgehead atoms. The number of hydrogen-bond acceptors (Lipinski definition) is 5. The van der Waals surface area contributed by atoms with Crippen LogP contribution in [-0.4, -0.2) is 34.0 Å². The smallest absolute Gasteiger partial charge is 0.289 e. The van der Waals surface area contributed by atoms with E-state index in [1.165, 1.54) is 0 Å². The molecule has 118 valence electrons. The second-order valence-electron chi connectivity index (χ2n) is 6.15. The van der Waals surface area contributed by atoms with Crippen molar-refractivity contribution in [2.75, 3.05) is 13.1 Å². The summed E-state index contributed by atoms with van der Waals surface area (Å²) in [6.45, 7) is 7.23. The third kappa shape index (κ3) is 2.91. The summed E-state index contributed by atoms with van der Waals surface area (Å²) in [6.07, 6.45) is 1.89. The van der Waals surface area contributed by atoms with Gasteiger partial charge in [0, 0.05) is 19.0 Å². The SMILES string of the molecule is Cc1ccc(C(=O)N2CCC[C@@H](c3nc(C(C)C)no3)C2)o1. The van der Waals surface area contributed by atoms with E-state index in [2.05, 4.69) is 10.1 Å². The minimum absolute atomic E-state index is 0.0681. The lowest BCUT2D eigenvalue weighted by molar-refractivity contribution is 0.0662. The molecule has 6 nitrogen and oxygen atoms in total. The van der Waals surface area contributed by atoms with Crippen LogP contribution in [0.4, 0.5) is 0 Å². The zero-order valence-corrected chi connectivity index (χ0v) is 13.2. The van der Waals surface area contributed by atoms with Crippen LogP contribution in [0.1, 0.15) is 66.6 Å². The molecule has 2 aromatic heterocycles. The molecule has 0 radical (unpaired) electrons. The Balaban J connectivity index is 1.72. The van der Waals surface area contributed by atoms with Crippen molar-refractivity contribution in [1.29, 1.82) is 0 Å². The largest absolute Gasteiger partial charge is 0.456 e. The number of amides is 1. The van der Waals surface area contributed by atoms with Gasteiger partial charge in [-0.15, -0.1) is 0 Å². The fourth-order valence-electron chi connectivity index (χ4n) is 2.72. The van der Waals surface area contributed by atoms with Gasteiger partial charge in [0.1, 0.15) is 5.76 Å². The fourth-order valence-corrected chi connectivity index (χ4v) is 2.72. The van der Waals surface area contributed by atoms with E-state index in [0.29, 0.717) is 18.2 Å². The highest BCUT2D eigenvalue weighted by atomic mass is 16.5. The molecule has 1 amide bonds. The van der Waals surface area contributed by atoms with Crippen LogP contribution < -0.4 is 0 Å². The number of rotatable bonds is 3. The Morgan fingerprint density at radius 3 is 2.86 bits per heavy atom. The van der Waals surface area contributed by atoms with Gasteiger partial charge in [0.25, 0.3) is 5.91 Å². The van der Waals surface area contributed by atoms with Crippen molar-refractivity contribution in [3.05, 3.63) is 35.4 Å². The van der Waals surface area contributed by atoms with Crippen LogP contribution in [0.25, 0.3) is 0 Å². The summed E-state index contributed by atoms with van der Waals surface area (Å²) < 4.78 is 10.8. The first-order valence-electron chi connectivity index (χ1n) is 7.74. The Kier molecular flexibility index (Phi) is 4.00. The van der Waals surface area contributed by atoms with E-state index in [0.717, 1.165) is 31.0 Å². The van der Waals surface area contributed by atoms with E-state index in [4.69, 9.17) is 8.94 Å². The first-order valence-corrected chi connectivity index (χ1v) is 7.74. The zero-order chi connectivity index (χ0) is 15.7. The molecule has 3 heterocycles. The maximum absolute atomic E-state index is 12.5. The quantitative estimate of drug-likeness (QED) is 0.871. The molecule has 22 heavy (non-hydrogen) atoms. The summed E-state index contributed by atoms with van der Waals surface area (Å²) in [7, 11) is 0. The number of furan rings is 1. The molecule has 0 aromatic carbocycles. The third-order valence-corrected chi connectivity index (χ3v) is 3.98. The van der Waals surface area contributed by atoms with Crippen LogP contribution in [0.5, 0.6) is 0 Å². The predicted octanol–water partition coefficient (Wildman–Crippen LogP) is 3.11. The topological polar surface area (TPSA) is 72.4 Å². The Labute approximate surface area is 129 Å². The van der Waals surface area contributed by atoms with E-state index in [1.54, 1.807) is 6.07 Å². The fraction of sp³-hybridized carbons (Fsp3) is 0.562. The van der Waals surface area contributed by atoms with Gasteiger partial charge in [0.2, 0.25) is 5.89 Å². The van der Waals surface area contributed by atoms with Gasteiger partial charge in [-0.05, 0) is 31.9 Å². The predicted molar refractivity (Wildman–Crippen MR) is 79.7 cm³/mol. The number of piperidine rings is 1. The summed E-state index contributed by atoms with van der Waals surface area (Å²) in [5.41, 5.74) is 0. The highest BCUT2D eigenvalue weighted by Crippen LogP contribution is 2.27. The molecule has 0 unspecified atom stereocenters. The molecule has 6 heteroatoms. The zero-order valence-electron chi connectivity index (χ0n) is 13.2. The van der Waals surface area contributed by atoms with Gasteiger partial charge < -0.3 is 13.8 Å². The highest BCUT2D eigenvalue weighted by molar-refractivity contribution is 5.91. The van der Waals surface area contributed by atoms with Crippen LogP contribution in [0, 0.1) is 6.92 Å². The summed E-state index contributed by atoms with van der Waals surface area (Å²) in [5.74, 6) is 2.78. The lowest BCUT2D eigenvalue weighted by atomic mass is 9.97. The molecule has 2 aromatic rings. The standard InChI is InChI=1S/C16H21N3O3/c1-10(2)14-17-15(22-18-14)12-5-4-8-19(9-12)16(20)13-7-6-11(3)21-13/h6-7,10,12H,4-5,8-9H2,1-3H3/t12-/m1/s1. The Morgan fingerprint density at radius 2 is 2.23 bits per heavy atom. The minimum atomic E-state index is -0.0681. The molecular weight excluding hydrogens is 282 g/mol. The van der Waals surface area contributed by atoms with E-state index >= 15 is 0 Å². The summed E-state index contributed by atoms with van der Waals surface area (Å²) >= 11 is 0. The lowest BCUT2D eigenvalue weighted by Crippen LogP contribution is -2.39. The number of aromatic nitrogens is 2. The lowest BCUT2D eigenvalue weighted by Gasteiger charge is -2.30. The number of hydrogen-bond donors (Lipinski definition) is 0. The van der Waals surface area contributed by atoms with Crippen molar-refractivity contribution >= 4 is 5.91 Å². The number of nitrogens with zero attached hydrogens (tertiary/aromatic N) is 3. The molecule has 0 saturated carbocycles. The highest BCUT2D eigenvalue weighted by Gasteiger charge is 2.30. The summed E-state index contributed by atoms with van der Waals surface area (Å²) in [5, 5.41) is 4.01. The number of carbonyl (C=O) groups excluding carboxylic acids is 1. The molecule has 0 spiro atoms. The van der Waals surface area contributed by atoms with Crippen LogP contribution in [0.15, 0.2) is 21.1 Å². The second-order valence-corrected chi connectivity index (χ2v) is 6.15. The molecule has 0 aliphatic carbocycles. The maximum Gasteiger partial charge on any atom is 0.289 e. The Hall–Kier alpha value is -2.11. The van der Waals surface area contributed by atoms with E-state index in [-0.39, 0.29) is 17.7 Å². The van der Waals surface area contributed by atoms with Crippen molar-refractivity contribution in [3.8, 4) is 0 Å². The van der Waals surface area contributed by atoms with E-state index in [9.17, 15) is 4.79 Å². The monoisotopic (exact) mass is 303 g/mol. The van der Waals surface area contributed by atoms with Crippen molar-refractivity contribution < 1.29 is 13.7 Å². The van der Waals surface area contributed by atoms with Gasteiger partial charge in [-0.1, -0.05) is 19.0 Å². The van der Waals surface area contributed by atoms with E-state index < -0.39 is 0 Å². The molecule has 1 saturated heterocycles. The second kappa shape index (κ2) is 5.94. The molecule has 0 N–H and O–H groups in total. The van der Waals surface area contributed by atoms with Gasteiger partial charge in [-0.2, -0.15) is 4.98 Å². The van der Waals surface area contributed by atoms with E-state index in [1.807, 2.05) is 31.7 Å². The van der Waals surface area contributed by atoms with Gasteiger partial charge in [0.05, 0.1) is 5.92 Å². The van der Waals surface area contributed by atoms with Gasteiger partial charge >= 0.3 is 0 Å². The van der Waals surface area contributed by atoms with Crippen LogP contribution in [0.2, 0.25) is 0 Å². The number of aryl methyl sites for hydroxylation is 1. The first kappa shape index (κ1) is 14.8. The Bertz CT molecular complexity index is 659. The molecule has 1 aliphatic rings. The van der Waals surface area contributed by atoms with Crippen molar-refractivity contribution in [1.82, 2.24) is 15.0 Å². The molecule has 1 aliphatic heterocycles. The molecule has 3 rings (SSSR count). The average molecular weight is 303 g/mol. The van der Waals surface area contributed by atoms with Gasteiger partial charge in [0.15, 0.2) is 11.6 Å². The Morgan fingerprint density at radius 1 is 1.41 bits per heavy atom. The van der Waals surface area contributed by atoms with Crippen LogP contribution in [0.3, 0.4) is 0 Å². The van der Waals surface area contributed by atoms with Gasteiger partial charge in [-0.25, -0.2) is 0 Å². The maximum atomic E-state index is 12.5. The minimum Gasteiger partial charge on any atom is -0.456 e. The molecular formula is C16H21N3O3. The normalized spacial score (nSPS) is 18.9. The third-order valence-electron chi connectivity index (χ3n) is 3.98. The van der Waals surface area contributed by atoms with Crippen LogP contribution >= 0.6 is 0 Å². The average Bonchev–Trinajstić information content (AvgIpc) is 3.15. The van der Waals surface area contributed by atoms with Crippen molar-refractivity contribution in [2.24, 2.45) is 0 Å². The molecule has 1 fully saturated rings. The summed E-state index contributed by atoms with van der Waals surface area (Å²) in [6, 6.07) is 3.53. The number of likely N-dealkylation sites (tertiary alicyclic amines) is 1. The first-order chi connectivity index (χ1) is 10.5. The van der Waals surface area contributed by atoms with Crippen LogP contribution in [-0.2, 0) is 0 Å². The van der Waals surface area contributed by atoms with Crippen molar-refractivity contribution in [2.45, 2.75) is 45.4 Å². The van der Waals surface area contributed by atoms with Gasteiger partial charge in [-0.3, -0.25) is 4.79 Å². The number of carbonyl (C=O) groups is 1.